The summed E-state index contributed by atoms with van der Waals surface area (Å²) in [6, 6.07) is 21.8. The number of carbonyl (C=O) groups excluding carboxylic acids is 1. The van der Waals surface area contributed by atoms with Crippen molar-refractivity contribution in [1.82, 2.24) is 4.98 Å². The molecule has 0 aliphatic heterocycles. The summed E-state index contributed by atoms with van der Waals surface area (Å²) >= 11 is 6.00. The van der Waals surface area contributed by atoms with Crippen LogP contribution in [0.25, 0.3) is 22.2 Å². The smallest absolute Gasteiger partial charge is 0.300 e. The average molecular weight is 417 g/mol. The van der Waals surface area contributed by atoms with Crippen molar-refractivity contribution in [2.45, 2.75) is 25.7 Å². The molecule has 30 heavy (non-hydrogen) atoms. The fourth-order valence-electron chi connectivity index (χ4n) is 4.07. The minimum atomic E-state index is 0.212. The zero-order valence-electron chi connectivity index (χ0n) is 16.4. The molecule has 0 spiro atoms. The van der Waals surface area contributed by atoms with Gasteiger partial charge >= 0.3 is 0 Å². The van der Waals surface area contributed by atoms with Crippen LogP contribution in [0.4, 0.5) is 11.7 Å². The Bertz CT molecular complexity index is 1190. The molecule has 3 aromatic carbocycles. The maximum Gasteiger partial charge on any atom is 0.300 e. The lowest BCUT2D eigenvalue weighted by atomic mass is 9.94. The summed E-state index contributed by atoms with van der Waals surface area (Å²) in [7, 11) is 0. The average Bonchev–Trinajstić information content (AvgIpc) is 3.43. The molecule has 0 saturated heterocycles. The molecule has 0 bridgehead atoms. The lowest BCUT2D eigenvalue weighted by Gasteiger charge is -2.09. The van der Waals surface area contributed by atoms with Crippen LogP contribution >= 0.6 is 11.6 Å². The van der Waals surface area contributed by atoms with Crippen LogP contribution in [-0.4, -0.2) is 10.8 Å². The molecule has 0 amide bonds. The Balaban J connectivity index is 1.29. The summed E-state index contributed by atoms with van der Waals surface area (Å²) in [5, 5.41) is 3.80. The molecule has 0 atom stereocenters. The molecule has 0 unspecified atom stereocenters. The number of nitrogens with one attached hydrogen (secondary N) is 1. The van der Waals surface area contributed by atoms with E-state index in [9.17, 15) is 4.79 Å². The van der Waals surface area contributed by atoms with Crippen LogP contribution in [0.5, 0.6) is 0 Å². The summed E-state index contributed by atoms with van der Waals surface area (Å²) in [5.41, 5.74) is 5.27. The number of rotatable bonds is 5. The van der Waals surface area contributed by atoms with E-state index in [0.29, 0.717) is 22.4 Å². The van der Waals surface area contributed by atoms with Crippen LogP contribution in [0.3, 0.4) is 0 Å². The first-order chi connectivity index (χ1) is 14.7. The number of hydrogen-bond acceptors (Lipinski definition) is 4. The summed E-state index contributed by atoms with van der Waals surface area (Å²) in [5.74, 6) is 0.502. The third-order valence-corrected chi connectivity index (χ3v) is 5.95. The summed E-state index contributed by atoms with van der Waals surface area (Å²) < 4.78 is 5.71. The van der Waals surface area contributed by atoms with Crippen LogP contribution in [0.1, 0.15) is 36.0 Å². The minimum absolute atomic E-state index is 0.212. The van der Waals surface area contributed by atoms with Gasteiger partial charge in [0.15, 0.2) is 11.4 Å². The number of oxazole rings is 1. The molecule has 150 valence electrons. The number of fused-ring (bicyclic) bond motifs is 1. The molecule has 1 aliphatic carbocycles. The van der Waals surface area contributed by atoms with E-state index in [2.05, 4.69) is 10.3 Å². The van der Waals surface area contributed by atoms with E-state index in [4.69, 9.17) is 16.0 Å². The van der Waals surface area contributed by atoms with Gasteiger partial charge in [0.25, 0.3) is 6.01 Å². The Morgan fingerprint density at radius 2 is 1.60 bits per heavy atom. The molecule has 0 radical (unpaired) electrons. The number of nitrogens with zero attached hydrogens (tertiary/aromatic N) is 1. The van der Waals surface area contributed by atoms with Crippen molar-refractivity contribution < 1.29 is 9.21 Å². The zero-order valence-corrected chi connectivity index (χ0v) is 17.2. The minimum Gasteiger partial charge on any atom is -0.423 e. The Morgan fingerprint density at radius 3 is 2.30 bits per heavy atom. The van der Waals surface area contributed by atoms with E-state index in [0.717, 1.165) is 40.7 Å². The second kappa shape index (κ2) is 7.96. The van der Waals surface area contributed by atoms with E-state index < -0.39 is 0 Å². The van der Waals surface area contributed by atoms with Crippen molar-refractivity contribution in [2.75, 3.05) is 5.32 Å². The Morgan fingerprint density at radius 1 is 0.933 bits per heavy atom. The van der Waals surface area contributed by atoms with Crippen molar-refractivity contribution >= 4 is 40.2 Å². The SMILES string of the molecule is O=C(c1ccc(-c2ccc(Nc3nc4ccc(Cl)cc4o3)cc2)cc1)C1CCCC1. The van der Waals surface area contributed by atoms with Gasteiger partial charge in [-0.25, -0.2) is 0 Å². The Kier molecular flexibility index (Phi) is 5.01. The van der Waals surface area contributed by atoms with E-state index in [1.54, 1.807) is 12.1 Å². The van der Waals surface area contributed by atoms with Crippen molar-refractivity contribution in [3.8, 4) is 11.1 Å². The highest BCUT2D eigenvalue weighted by atomic mass is 35.5. The number of carbonyl (C=O) groups is 1. The van der Waals surface area contributed by atoms with Crippen LogP contribution in [-0.2, 0) is 0 Å². The normalized spacial score (nSPS) is 14.3. The molecule has 5 rings (SSSR count). The highest BCUT2D eigenvalue weighted by Crippen LogP contribution is 2.30. The highest BCUT2D eigenvalue weighted by Gasteiger charge is 2.23. The molecule has 1 heterocycles. The maximum atomic E-state index is 12.6. The van der Waals surface area contributed by atoms with Gasteiger partial charge in [0.1, 0.15) is 5.52 Å². The standard InChI is InChI=1S/C25H21ClN2O2/c26-20-11-14-22-23(15-20)30-25(28-22)27-21-12-9-17(10-13-21)16-5-7-19(8-6-16)24(29)18-3-1-2-4-18/h5-15,18H,1-4H2,(H,27,28). The number of benzene rings is 3. The quantitative estimate of drug-likeness (QED) is 0.347. The number of ketones is 1. The van der Waals surface area contributed by atoms with Gasteiger partial charge in [0, 0.05) is 28.3 Å². The fourth-order valence-corrected chi connectivity index (χ4v) is 4.23. The van der Waals surface area contributed by atoms with Gasteiger partial charge in [0.2, 0.25) is 0 Å². The number of halogens is 1. The van der Waals surface area contributed by atoms with Gasteiger partial charge in [-0.05, 0) is 48.2 Å². The van der Waals surface area contributed by atoms with Crippen LogP contribution in [0, 0.1) is 5.92 Å². The first kappa shape index (κ1) is 18.9. The molecule has 5 heteroatoms. The lowest BCUT2D eigenvalue weighted by Crippen LogP contribution is -2.10. The molecular formula is C25H21ClN2O2. The van der Waals surface area contributed by atoms with Crippen molar-refractivity contribution in [2.24, 2.45) is 5.92 Å². The van der Waals surface area contributed by atoms with Gasteiger partial charge < -0.3 is 9.73 Å². The van der Waals surface area contributed by atoms with Crippen LogP contribution in [0.15, 0.2) is 71.1 Å². The zero-order chi connectivity index (χ0) is 20.5. The third kappa shape index (κ3) is 3.83. The predicted molar refractivity (Wildman–Crippen MR) is 120 cm³/mol. The van der Waals surface area contributed by atoms with Crippen LogP contribution < -0.4 is 5.32 Å². The van der Waals surface area contributed by atoms with Gasteiger partial charge in [-0.1, -0.05) is 60.8 Å². The molecular weight excluding hydrogens is 396 g/mol. The molecule has 4 aromatic rings. The molecule has 1 aromatic heterocycles. The van der Waals surface area contributed by atoms with Crippen LogP contribution in [0.2, 0.25) is 5.02 Å². The van der Waals surface area contributed by atoms with E-state index >= 15 is 0 Å². The van der Waals surface area contributed by atoms with E-state index in [1.165, 1.54) is 12.8 Å². The molecule has 1 aliphatic rings. The number of aromatic nitrogens is 1. The lowest BCUT2D eigenvalue weighted by molar-refractivity contribution is 0.0923. The largest absolute Gasteiger partial charge is 0.423 e. The predicted octanol–water partition coefficient (Wildman–Crippen LogP) is 7.26. The Hall–Kier alpha value is -3.11. The fraction of sp³-hybridized carbons (Fsp3) is 0.200. The topological polar surface area (TPSA) is 55.1 Å². The van der Waals surface area contributed by atoms with E-state index in [-0.39, 0.29) is 5.92 Å². The first-order valence-corrected chi connectivity index (χ1v) is 10.6. The molecule has 1 fully saturated rings. The summed E-state index contributed by atoms with van der Waals surface area (Å²) in [4.78, 5) is 17.0. The van der Waals surface area contributed by atoms with Crippen molar-refractivity contribution in [1.29, 1.82) is 0 Å². The number of anilines is 2. The first-order valence-electron chi connectivity index (χ1n) is 10.2. The highest BCUT2D eigenvalue weighted by molar-refractivity contribution is 6.31. The summed E-state index contributed by atoms with van der Waals surface area (Å²) in [6.07, 6.45) is 4.41. The van der Waals surface area contributed by atoms with Crippen molar-refractivity contribution in [3.05, 3.63) is 77.3 Å². The van der Waals surface area contributed by atoms with Gasteiger partial charge in [0.05, 0.1) is 0 Å². The monoisotopic (exact) mass is 416 g/mol. The van der Waals surface area contributed by atoms with E-state index in [1.807, 2.05) is 54.6 Å². The maximum absolute atomic E-state index is 12.6. The summed E-state index contributed by atoms with van der Waals surface area (Å²) in [6.45, 7) is 0. The second-order valence-corrected chi connectivity index (χ2v) is 8.19. The van der Waals surface area contributed by atoms with Crippen molar-refractivity contribution in [3.63, 3.8) is 0 Å². The van der Waals surface area contributed by atoms with Gasteiger partial charge in [-0.15, -0.1) is 0 Å². The molecule has 4 nitrogen and oxygen atoms in total. The van der Waals surface area contributed by atoms with Gasteiger partial charge in [-0.3, -0.25) is 4.79 Å². The molecule has 1 saturated carbocycles. The second-order valence-electron chi connectivity index (χ2n) is 7.76. The molecule has 1 N–H and O–H groups in total. The third-order valence-electron chi connectivity index (χ3n) is 5.72. The Labute approximate surface area is 179 Å². The number of Topliss-reactive ketones (excluding diaryl/α,β-unsaturated/α-hetero) is 1. The van der Waals surface area contributed by atoms with Gasteiger partial charge in [-0.2, -0.15) is 4.98 Å². The number of hydrogen-bond donors (Lipinski definition) is 1.